The highest BCUT2D eigenvalue weighted by Crippen LogP contribution is 2.19. The predicted molar refractivity (Wildman–Crippen MR) is 75.5 cm³/mol. The lowest BCUT2D eigenvalue weighted by Crippen LogP contribution is -2.20. The predicted octanol–water partition coefficient (Wildman–Crippen LogP) is 3.70. The van der Waals surface area contributed by atoms with Crippen molar-refractivity contribution in [2.24, 2.45) is 0 Å². The van der Waals surface area contributed by atoms with Gasteiger partial charge in [-0.3, -0.25) is 0 Å². The largest absolute Gasteiger partial charge is 0.491 e. The quantitative estimate of drug-likeness (QED) is 0.706. The average Bonchev–Trinajstić information content (AvgIpc) is 2.43. The van der Waals surface area contributed by atoms with E-state index >= 15 is 0 Å². The minimum absolute atomic E-state index is 0.0899. The number of halogens is 3. The molecule has 0 fully saturated rings. The first-order valence-electron chi connectivity index (χ1n) is 7.03. The molecule has 1 rings (SSSR count). The van der Waals surface area contributed by atoms with E-state index < -0.39 is 12.8 Å². The third-order valence-corrected chi connectivity index (χ3v) is 2.82. The first kappa shape index (κ1) is 17.8. The lowest BCUT2D eigenvalue weighted by molar-refractivity contribution is -0.175. The molecule has 0 aromatic heterocycles. The number of hydrogen-bond donors (Lipinski definition) is 1. The van der Waals surface area contributed by atoms with Crippen molar-refractivity contribution in [3.05, 3.63) is 29.8 Å². The van der Waals surface area contributed by atoms with Gasteiger partial charge in [-0.25, -0.2) is 0 Å². The summed E-state index contributed by atoms with van der Waals surface area (Å²) in [6.07, 6.45) is -3.24. The molecule has 0 amide bonds. The maximum atomic E-state index is 11.9. The Bertz CT molecular complexity index is 410. The molecule has 1 aromatic rings. The molecular weight excluding hydrogens is 283 g/mol. The topological polar surface area (TPSA) is 30.5 Å². The van der Waals surface area contributed by atoms with Crippen molar-refractivity contribution >= 4 is 0 Å². The van der Waals surface area contributed by atoms with Crippen LogP contribution in [0.15, 0.2) is 24.3 Å². The zero-order valence-electron chi connectivity index (χ0n) is 12.4. The van der Waals surface area contributed by atoms with E-state index in [0.29, 0.717) is 5.75 Å². The molecule has 0 aliphatic carbocycles. The van der Waals surface area contributed by atoms with Gasteiger partial charge in [0, 0.05) is 6.04 Å². The highest BCUT2D eigenvalue weighted by molar-refractivity contribution is 5.30. The van der Waals surface area contributed by atoms with Gasteiger partial charge < -0.3 is 14.8 Å². The Balaban J connectivity index is 2.35. The number of alkyl halides is 3. The zero-order valence-corrected chi connectivity index (χ0v) is 12.4. The number of nitrogens with one attached hydrogen (secondary N) is 1. The molecule has 1 atom stereocenters. The number of benzene rings is 1. The van der Waals surface area contributed by atoms with E-state index in [1.807, 2.05) is 18.2 Å². The zero-order chi connectivity index (χ0) is 15.7. The summed E-state index contributed by atoms with van der Waals surface area (Å²) in [6.45, 7) is 3.84. The van der Waals surface area contributed by atoms with Gasteiger partial charge in [0.25, 0.3) is 0 Å². The van der Waals surface area contributed by atoms with Gasteiger partial charge in [0.05, 0.1) is 6.61 Å². The van der Waals surface area contributed by atoms with Crippen molar-refractivity contribution in [3.8, 4) is 5.75 Å². The van der Waals surface area contributed by atoms with Crippen molar-refractivity contribution in [1.82, 2.24) is 5.32 Å². The Hall–Kier alpha value is -1.27. The molecule has 1 aromatic carbocycles. The molecule has 0 aliphatic heterocycles. The van der Waals surface area contributed by atoms with Gasteiger partial charge >= 0.3 is 6.18 Å². The molecule has 3 nitrogen and oxygen atoms in total. The maximum absolute atomic E-state index is 11.9. The van der Waals surface area contributed by atoms with Crippen LogP contribution in [-0.2, 0) is 4.74 Å². The van der Waals surface area contributed by atoms with Crippen molar-refractivity contribution in [1.29, 1.82) is 0 Å². The third kappa shape index (κ3) is 7.92. The minimum Gasteiger partial charge on any atom is -0.491 e. The first-order chi connectivity index (χ1) is 9.92. The van der Waals surface area contributed by atoms with Crippen LogP contribution >= 0.6 is 0 Å². The van der Waals surface area contributed by atoms with Gasteiger partial charge in [-0.15, -0.1) is 0 Å². The average molecular weight is 305 g/mol. The van der Waals surface area contributed by atoms with Crippen LogP contribution in [0.5, 0.6) is 5.75 Å². The van der Waals surface area contributed by atoms with E-state index in [2.05, 4.69) is 23.9 Å². The molecule has 21 heavy (non-hydrogen) atoms. The van der Waals surface area contributed by atoms with Crippen LogP contribution in [-0.4, -0.2) is 32.5 Å². The molecule has 0 saturated heterocycles. The fourth-order valence-electron chi connectivity index (χ4n) is 1.76. The van der Waals surface area contributed by atoms with Crippen LogP contribution in [0.3, 0.4) is 0 Å². The fourth-order valence-corrected chi connectivity index (χ4v) is 1.76. The second-order valence-electron chi connectivity index (χ2n) is 4.76. The van der Waals surface area contributed by atoms with Gasteiger partial charge in [0.1, 0.15) is 19.0 Å². The van der Waals surface area contributed by atoms with E-state index in [1.165, 1.54) is 0 Å². The van der Waals surface area contributed by atoms with Crippen LogP contribution in [0.25, 0.3) is 0 Å². The minimum atomic E-state index is -4.29. The van der Waals surface area contributed by atoms with Gasteiger partial charge in [0.2, 0.25) is 0 Å². The molecule has 120 valence electrons. The summed E-state index contributed by atoms with van der Waals surface area (Å²) in [5.74, 6) is 0.633. The molecule has 0 bridgehead atoms. The summed E-state index contributed by atoms with van der Waals surface area (Å²) in [5, 5.41) is 3.36. The van der Waals surface area contributed by atoms with E-state index in [1.54, 1.807) is 6.07 Å². The summed E-state index contributed by atoms with van der Waals surface area (Å²) < 4.78 is 45.5. The number of ether oxygens (including phenoxy) is 2. The highest BCUT2D eigenvalue weighted by atomic mass is 19.4. The first-order valence-corrected chi connectivity index (χ1v) is 7.03. The molecule has 0 saturated carbocycles. The van der Waals surface area contributed by atoms with Crippen molar-refractivity contribution < 1.29 is 22.6 Å². The van der Waals surface area contributed by atoms with Gasteiger partial charge in [-0.2, -0.15) is 13.2 Å². The number of rotatable bonds is 9. The Morgan fingerprint density at radius 2 is 2.00 bits per heavy atom. The molecule has 0 radical (unpaired) electrons. The third-order valence-electron chi connectivity index (χ3n) is 2.82. The molecule has 6 heteroatoms. The standard InChI is InChI=1S/C15H22F3NO2/c1-3-7-19-12(2)13-5-4-6-14(10-13)21-9-8-20-11-15(16,17)18/h4-6,10,12,19H,3,7-9,11H2,1-2H3. The van der Waals surface area contributed by atoms with Crippen molar-refractivity contribution in [2.75, 3.05) is 26.4 Å². The van der Waals surface area contributed by atoms with Crippen molar-refractivity contribution in [2.45, 2.75) is 32.5 Å². The Kier molecular flexibility index (Phi) is 7.53. The van der Waals surface area contributed by atoms with Crippen LogP contribution in [0, 0.1) is 0 Å². The maximum Gasteiger partial charge on any atom is 0.411 e. The summed E-state index contributed by atoms with van der Waals surface area (Å²) in [7, 11) is 0. The molecule has 0 spiro atoms. The summed E-state index contributed by atoms with van der Waals surface area (Å²) in [6, 6.07) is 7.72. The van der Waals surface area contributed by atoms with Crippen LogP contribution < -0.4 is 10.1 Å². The second-order valence-corrected chi connectivity index (χ2v) is 4.76. The normalized spacial score (nSPS) is 13.2. The van der Waals surface area contributed by atoms with Crippen LogP contribution in [0.4, 0.5) is 13.2 Å². The molecular formula is C15H22F3NO2. The van der Waals surface area contributed by atoms with Crippen LogP contribution in [0.1, 0.15) is 31.9 Å². The molecule has 0 heterocycles. The molecule has 0 aliphatic rings. The van der Waals surface area contributed by atoms with Gasteiger partial charge in [0.15, 0.2) is 0 Å². The summed E-state index contributed by atoms with van der Waals surface area (Å²) in [5.41, 5.74) is 1.08. The fraction of sp³-hybridized carbons (Fsp3) is 0.600. The van der Waals surface area contributed by atoms with Gasteiger partial charge in [-0.05, 0) is 37.6 Å². The van der Waals surface area contributed by atoms with Gasteiger partial charge in [-0.1, -0.05) is 19.1 Å². The highest BCUT2D eigenvalue weighted by Gasteiger charge is 2.27. The Morgan fingerprint density at radius 3 is 2.67 bits per heavy atom. The van der Waals surface area contributed by atoms with E-state index in [9.17, 15) is 13.2 Å². The summed E-state index contributed by atoms with van der Waals surface area (Å²) >= 11 is 0. The smallest absolute Gasteiger partial charge is 0.411 e. The molecule has 1 unspecified atom stereocenters. The summed E-state index contributed by atoms with van der Waals surface area (Å²) in [4.78, 5) is 0. The SMILES string of the molecule is CCCNC(C)c1cccc(OCCOCC(F)(F)F)c1. The Morgan fingerprint density at radius 1 is 1.24 bits per heavy atom. The van der Waals surface area contributed by atoms with E-state index in [4.69, 9.17) is 4.74 Å². The van der Waals surface area contributed by atoms with Crippen LogP contribution in [0.2, 0.25) is 0 Å². The van der Waals surface area contributed by atoms with E-state index in [-0.39, 0.29) is 19.3 Å². The second kappa shape index (κ2) is 8.89. The van der Waals surface area contributed by atoms with E-state index in [0.717, 1.165) is 18.5 Å². The number of hydrogen-bond acceptors (Lipinski definition) is 3. The van der Waals surface area contributed by atoms with Crippen molar-refractivity contribution in [3.63, 3.8) is 0 Å². The lowest BCUT2D eigenvalue weighted by Gasteiger charge is -2.15. The monoisotopic (exact) mass is 305 g/mol. The molecule has 1 N–H and O–H groups in total. The Labute approximate surface area is 123 Å². The lowest BCUT2D eigenvalue weighted by atomic mass is 10.1.